The second-order valence-corrected chi connectivity index (χ2v) is 4.89. The normalized spacial score (nSPS) is 11.1. The molecule has 0 saturated carbocycles. The molecule has 0 radical (unpaired) electrons. The Hall–Kier alpha value is -1.60. The predicted molar refractivity (Wildman–Crippen MR) is 66.6 cm³/mol. The van der Waals surface area contributed by atoms with E-state index >= 15 is 0 Å². The Morgan fingerprint density at radius 1 is 1.44 bits per heavy atom. The van der Waals surface area contributed by atoms with E-state index in [1.54, 1.807) is 0 Å². The number of aryl methyl sites for hydroxylation is 1. The molecule has 0 fully saturated rings. The van der Waals surface area contributed by atoms with Gasteiger partial charge in [-0.2, -0.15) is 5.26 Å². The third-order valence-electron chi connectivity index (χ3n) is 2.23. The largest absolute Gasteiger partial charge is 0.350 e. The summed E-state index contributed by atoms with van der Waals surface area (Å²) in [7, 11) is 0. The molecule has 0 unspecified atom stereocenters. The Bertz CT molecular complexity index is 492. The molecule has 0 aromatic carbocycles. The van der Waals surface area contributed by atoms with Gasteiger partial charge >= 0.3 is 0 Å². The molecule has 1 N–H and O–H groups in total. The van der Waals surface area contributed by atoms with Crippen LogP contribution >= 0.6 is 11.3 Å². The van der Waals surface area contributed by atoms with E-state index < -0.39 is 0 Å². The summed E-state index contributed by atoms with van der Waals surface area (Å²) in [6.45, 7) is 7.23. The first-order valence-electron chi connectivity index (χ1n) is 4.91. The molecule has 0 amide bonds. The number of nitrogens with one attached hydrogen (secondary N) is 1. The fourth-order valence-electron chi connectivity index (χ4n) is 1.37. The molecular weight excluding hydrogens is 220 g/mol. The number of allylic oxidation sites excluding steroid dienone is 2. The van der Waals surface area contributed by atoms with Crippen LogP contribution in [-0.4, -0.2) is 5.78 Å². The van der Waals surface area contributed by atoms with E-state index in [-0.39, 0.29) is 5.78 Å². The highest BCUT2D eigenvalue weighted by atomic mass is 32.1. The summed E-state index contributed by atoms with van der Waals surface area (Å²) in [6, 6.07) is 2.18. The average molecular weight is 234 g/mol. The SMILES string of the molecule is CC(=O)/C=C(\C)Nc1sc(C)c(C)c1C#N. The summed E-state index contributed by atoms with van der Waals surface area (Å²) < 4.78 is 0. The summed E-state index contributed by atoms with van der Waals surface area (Å²) in [6.07, 6.45) is 1.52. The highest BCUT2D eigenvalue weighted by Crippen LogP contribution is 2.32. The Balaban J connectivity index is 3.03. The zero-order valence-electron chi connectivity index (χ0n) is 9.84. The number of anilines is 1. The van der Waals surface area contributed by atoms with Crippen molar-refractivity contribution < 1.29 is 4.79 Å². The van der Waals surface area contributed by atoms with Gasteiger partial charge in [0.25, 0.3) is 0 Å². The van der Waals surface area contributed by atoms with E-state index in [1.807, 2.05) is 20.8 Å². The maximum atomic E-state index is 10.9. The van der Waals surface area contributed by atoms with Gasteiger partial charge in [0.2, 0.25) is 0 Å². The van der Waals surface area contributed by atoms with E-state index in [1.165, 1.54) is 24.3 Å². The quantitative estimate of drug-likeness (QED) is 0.817. The topological polar surface area (TPSA) is 52.9 Å². The van der Waals surface area contributed by atoms with Gasteiger partial charge in [-0.05, 0) is 39.3 Å². The van der Waals surface area contributed by atoms with Crippen LogP contribution in [0.3, 0.4) is 0 Å². The van der Waals surface area contributed by atoms with Crippen LogP contribution in [0.4, 0.5) is 5.00 Å². The van der Waals surface area contributed by atoms with E-state index in [0.29, 0.717) is 5.56 Å². The Morgan fingerprint density at radius 3 is 2.56 bits per heavy atom. The average Bonchev–Trinajstić information content (AvgIpc) is 2.40. The van der Waals surface area contributed by atoms with Gasteiger partial charge in [-0.3, -0.25) is 4.79 Å². The number of ketones is 1. The van der Waals surface area contributed by atoms with Crippen molar-refractivity contribution in [1.29, 1.82) is 5.26 Å². The number of hydrogen-bond acceptors (Lipinski definition) is 4. The van der Waals surface area contributed by atoms with Gasteiger partial charge in [-0.1, -0.05) is 0 Å². The molecule has 1 aromatic heterocycles. The molecule has 1 aromatic rings. The molecule has 1 heterocycles. The van der Waals surface area contributed by atoms with Crippen LogP contribution in [0.5, 0.6) is 0 Å². The standard InChI is InChI=1S/C12H14N2OS/c1-7(5-8(2)15)14-12-11(6-13)9(3)10(4)16-12/h5,14H,1-4H3/b7-5+. The molecule has 0 saturated heterocycles. The fourth-order valence-corrected chi connectivity index (χ4v) is 2.44. The number of nitrogens with zero attached hydrogens (tertiary/aromatic N) is 1. The summed E-state index contributed by atoms with van der Waals surface area (Å²) in [5.74, 6) is -0.00601. The van der Waals surface area contributed by atoms with Crippen molar-refractivity contribution in [3.63, 3.8) is 0 Å². The van der Waals surface area contributed by atoms with Gasteiger partial charge in [-0.15, -0.1) is 11.3 Å². The molecule has 0 bridgehead atoms. The summed E-state index contributed by atoms with van der Waals surface area (Å²) in [4.78, 5) is 12.0. The third kappa shape index (κ3) is 2.71. The molecule has 0 spiro atoms. The van der Waals surface area contributed by atoms with E-state index in [0.717, 1.165) is 21.1 Å². The first kappa shape index (κ1) is 12.5. The van der Waals surface area contributed by atoms with Gasteiger partial charge in [-0.25, -0.2) is 0 Å². The Morgan fingerprint density at radius 2 is 2.06 bits per heavy atom. The minimum absolute atomic E-state index is 0.00601. The van der Waals surface area contributed by atoms with Crippen molar-refractivity contribution in [2.45, 2.75) is 27.7 Å². The van der Waals surface area contributed by atoms with E-state index in [4.69, 9.17) is 5.26 Å². The van der Waals surface area contributed by atoms with Gasteiger partial charge in [0.05, 0.1) is 5.56 Å². The van der Waals surface area contributed by atoms with Crippen LogP contribution in [0, 0.1) is 25.2 Å². The first-order chi connectivity index (χ1) is 7.45. The number of thiophene rings is 1. The first-order valence-corrected chi connectivity index (χ1v) is 5.73. The van der Waals surface area contributed by atoms with Crippen LogP contribution < -0.4 is 5.32 Å². The Labute approximate surface area is 99.4 Å². The van der Waals surface area contributed by atoms with Crippen molar-refractivity contribution in [1.82, 2.24) is 0 Å². The molecule has 16 heavy (non-hydrogen) atoms. The number of carbonyl (C=O) groups excluding carboxylic acids is 1. The predicted octanol–water partition coefficient (Wildman–Crippen LogP) is 3.14. The monoisotopic (exact) mass is 234 g/mol. The number of nitriles is 1. The molecule has 0 aliphatic rings. The maximum Gasteiger partial charge on any atom is 0.154 e. The molecule has 4 heteroatoms. The van der Waals surface area contributed by atoms with Crippen molar-refractivity contribution >= 4 is 22.1 Å². The van der Waals surface area contributed by atoms with Crippen LogP contribution in [-0.2, 0) is 4.79 Å². The third-order valence-corrected chi connectivity index (χ3v) is 3.35. The number of rotatable bonds is 3. The zero-order chi connectivity index (χ0) is 12.3. The smallest absolute Gasteiger partial charge is 0.154 e. The van der Waals surface area contributed by atoms with Gasteiger partial charge in [0.1, 0.15) is 11.1 Å². The summed E-state index contributed by atoms with van der Waals surface area (Å²) in [5.41, 5.74) is 2.43. The minimum Gasteiger partial charge on any atom is -0.350 e. The van der Waals surface area contributed by atoms with E-state index in [9.17, 15) is 4.79 Å². The maximum absolute atomic E-state index is 10.9. The van der Waals surface area contributed by atoms with Crippen molar-refractivity contribution in [3.05, 3.63) is 27.8 Å². The van der Waals surface area contributed by atoms with Crippen LogP contribution in [0.15, 0.2) is 11.8 Å². The zero-order valence-corrected chi connectivity index (χ0v) is 10.7. The summed E-state index contributed by atoms with van der Waals surface area (Å²) in [5, 5.41) is 12.9. The second kappa shape index (κ2) is 4.95. The van der Waals surface area contributed by atoms with Crippen LogP contribution in [0.2, 0.25) is 0 Å². The number of carbonyl (C=O) groups is 1. The number of hydrogen-bond donors (Lipinski definition) is 1. The van der Waals surface area contributed by atoms with Crippen molar-refractivity contribution in [2.75, 3.05) is 5.32 Å². The molecule has 0 aliphatic carbocycles. The highest BCUT2D eigenvalue weighted by molar-refractivity contribution is 7.16. The lowest BCUT2D eigenvalue weighted by Gasteiger charge is -2.03. The van der Waals surface area contributed by atoms with Crippen molar-refractivity contribution in [2.24, 2.45) is 0 Å². The second-order valence-electron chi connectivity index (χ2n) is 3.66. The van der Waals surface area contributed by atoms with Crippen LogP contribution in [0.1, 0.15) is 29.9 Å². The summed E-state index contributed by atoms with van der Waals surface area (Å²) >= 11 is 1.54. The van der Waals surface area contributed by atoms with Crippen molar-refractivity contribution in [3.8, 4) is 6.07 Å². The van der Waals surface area contributed by atoms with Crippen LogP contribution in [0.25, 0.3) is 0 Å². The van der Waals surface area contributed by atoms with Gasteiger partial charge < -0.3 is 5.32 Å². The molecule has 3 nitrogen and oxygen atoms in total. The molecule has 0 atom stereocenters. The minimum atomic E-state index is -0.00601. The lowest BCUT2D eigenvalue weighted by atomic mass is 10.2. The van der Waals surface area contributed by atoms with Gasteiger partial charge in [0.15, 0.2) is 5.78 Å². The molecule has 84 valence electrons. The molecule has 0 aliphatic heterocycles. The Kier molecular flexibility index (Phi) is 3.86. The fraction of sp³-hybridized carbons (Fsp3) is 0.333. The highest BCUT2D eigenvalue weighted by Gasteiger charge is 2.11. The molecular formula is C12H14N2OS. The lowest BCUT2D eigenvalue weighted by molar-refractivity contribution is -0.112. The lowest BCUT2D eigenvalue weighted by Crippen LogP contribution is -1.98. The van der Waals surface area contributed by atoms with Gasteiger partial charge in [0, 0.05) is 10.6 Å². The van der Waals surface area contributed by atoms with E-state index in [2.05, 4.69) is 11.4 Å². The molecule has 1 rings (SSSR count).